The van der Waals surface area contributed by atoms with Crippen LogP contribution in [0.5, 0.6) is 0 Å². The summed E-state index contributed by atoms with van der Waals surface area (Å²) < 4.78 is 0. The van der Waals surface area contributed by atoms with Gasteiger partial charge in [0.2, 0.25) is 0 Å². The lowest BCUT2D eigenvalue weighted by molar-refractivity contribution is 0.230. The van der Waals surface area contributed by atoms with Crippen molar-refractivity contribution in [3.63, 3.8) is 0 Å². The van der Waals surface area contributed by atoms with Crippen LogP contribution in [-0.4, -0.2) is 13.1 Å². The van der Waals surface area contributed by atoms with Crippen LogP contribution in [0.25, 0.3) is 0 Å². The SMILES string of the molecule is C=C(C)C(NC)C1CCC(CCCC)CC1. The summed E-state index contributed by atoms with van der Waals surface area (Å²) in [5.74, 6) is 1.85. The molecule has 1 nitrogen and oxygen atoms in total. The molecule has 0 saturated heterocycles. The third kappa shape index (κ3) is 3.93. The molecule has 1 unspecified atom stereocenters. The molecule has 1 N–H and O–H groups in total. The van der Waals surface area contributed by atoms with Crippen molar-refractivity contribution in [1.82, 2.24) is 5.32 Å². The second-order valence-corrected chi connectivity index (χ2v) is 5.54. The molecule has 1 aliphatic carbocycles. The minimum Gasteiger partial charge on any atom is -0.313 e. The van der Waals surface area contributed by atoms with Gasteiger partial charge in [-0.25, -0.2) is 0 Å². The highest BCUT2D eigenvalue weighted by atomic mass is 14.9. The monoisotopic (exact) mass is 223 g/mol. The highest BCUT2D eigenvalue weighted by Crippen LogP contribution is 2.34. The highest BCUT2D eigenvalue weighted by molar-refractivity contribution is 5.04. The van der Waals surface area contributed by atoms with Gasteiger partial charge < -0.3 is 5.32 Å². The van der Waals surface area contributed by atoms with Crippen molar-refractivity contribution >= 4 is 0 Å². The summed E-state index contributed by atoms with van der Waals surface area (Å²) in [5.41, 5.74) is 1.31. The Morgan fingerprint density at radius 1 is 1.31 bits per heavy atom. The summed E-state index contributed by atoms with van der Waals surface area (Å²) in [4.78, 5) is 0. The van der Waals surface area contributed by atoms with Crippen molar-refractivity contribution in [3.8, 4) is 0 Å². The predicted octanol–water partition coefficient (Wildman–Crippen LogP) is 4.15. The largest absolute Gasteiger partial charge is 0.313 e. The Morgan fingerprint density at radius 3 is 2.38 bits per heavy atom. The molecule has 0 aromatic heterocycles. The number of rotatable bonds is 6. The summed E-state index contributed by atoms with van der Waals surface area (Å²) in [6, 6.07) is 0.548. The maximum Gasteiger partial charge on any atom is 0.0299 e. The molecule has 0 aliphatic heterocycles. The van der Waals surface area contributed by atoms with E-state index in [4.69, 9.17) is 0 Å². The van der Waals surface area contributed by atoms with Gasteiger partial charge in [-0.15, -0.1) is 0 Å². The van der Waals surface area contributed by atoms with E-state index in [-0.39, 0.29) is 0 Å². The zero-order valence-corrected chi connectivity index (χ0v) is 11.4. The Labute approximate surface area is 102 Å². The minimum atomic E-state index is 0.548. The standard InChI is InChI=1S/C15H29N/c1-5-6-7-13-8-10-14(11-9-13)15(16-4)12(2)3/h13-16H,2,5-11H2,1,3-4H3. The molecule has 0 bridgehead atoms. The molecular weight excluding hydrogens is 194 g/mol. The van der Waals surface area contributed by atoms with Gasteiger partial charge in [-0.3, -0.25) is 0 Å². The van der Waals surface area contributed by atoms with E-state index in [0.29, 0.717) is 6.04 Å². The Balaban J connectivity index is 2.33. The third-order valence-corrected chi connectivity index (χ3v) is 4.17. The molecule has 1 rings (SSSR count). The average molecular weight is 223 g/mol. The molecule has 1 atom stereocenters. The average Bonchev–Trinajstić information content (AvgIpc) is 2.28. The molecule has 0 heterocycles. The van der Waals surface area contributed by atoms with Crippen LogP contribution in [0, 0.1) is 11.8 Å². The van der Waals surface area contributed by atoms with E-state index in [1.54, 1.807) is 0 Å². The van der Waals surface area contributed by atoms with E-state index in [1.165, 1.54) is 50.5 Å². The van der Waals surface area contributed by atoms with Gasteiger partial charge in [-0.2, -0.15) is 0 Å². The number of hydrogen-bond acceptors (Lipinski definition) is 1. The quantitative estimate of drug-likeness (QED) is 0.667. The fourth-order valence-corrected chi connectivity index (χ4v) is 3.19. The van der Waals surface area contributed by atoms with Crippen molar-refractivity contribution in [3.05, 3.63) is 12.2 Å². The lowest BCUT2D eigenvalue weighted by Crippen LogP contribution is -2.36. The second-order valence-electron chi connectivity index (χ2n) is 5.54. The Bertz CT molecular complexity index is 201. The molecule has 0 radical (unpaired) electrons. The topological polar surface area (TPSA) is 12.0 Å². The smallest absolute Gasteiger partial charge is 0.0299 e. The van der Waals surface area contributed by atoms with Crippen LogP contribution >= 0.6 is 0 Å². The summed E-state index contributed by atoms with van der Waals surface area (Å²) in [6.07, 6.45) is 9.91. The van der Waals surface area contributed by atoms with Gasteiger partial charge in [0.25, 0.3) is 0 Å². The molecule has 0 aromatic rings. The van der Waals surface area contributed by atoms with E-state index in [1.807, 2.05) is 0 Å². The van der Waals surface area contributed by atoms with E-state index < -0.39 is 0 Å². The third-order valence-electron chi connectivity index (χ3n) is 4.17. The Morgan fingerprint density at radius 2 is 1.94 bits per heavy atom. The summed E-state index contributed by atoms with van der Waals surface area (Å²) in [6.45, 7) is 8.56. The zero-order chi connectivity index (χ0) is 12.0. The maximum absolute atomic E-state index is 4.11. The van der Waals surface area contributed by atoms with Crippen LogP contribution in [0.2, 0.25) is 0 Å². The van der Waals surface area contributed by atoms with Gasteiger partial charge in [0.1, 0.15) is 0 Å². The number of nitrogens with one attached hydrogen (secondary N) is 1. The lowest BCUT2D eigenvalue weighted by Gasteiger charge is -2.34. The minimum absolute atomic E-state index is 0.548. The zero-order valence-electron chi connectivity index (χ0n) is 11.4. The van der Waals surface area contributed by atoms with Crippen LogP contribution in [0.4, 0.5) is 0 Å². The number of likely N-dealkylation sites (N-methyl/N-ethyl adjacent to an activating group) is 1. The van der Waals surface area contributed by atoms with E-state index in [0.717, 1.165) is 11.8 Å². The van der Waals surface area contributed by atoms with Crippen molar-refractivity contribution in [2.45, 2.75) is 64.8 Å². The van der Waals surface area contributed by atoms with Crippen LogP contribution in [0.3, 0.4) is 0 Å². The first kappa shape index (κ1) is 13.8. The fraction of sp³-hybridized carbons (Fsp3) is 0.867. The van der Waals surface area contributed by atoms with Crippen LogP contribution in [0.15, 0.2) is 12.2 Å². The van der Waals surface area contributed by atoms with Crippen molar-refractivity contribution in [1.29, 1.82) is 0 Å². The summed E-state index contributed by atoms with van der Waals surface area (Å²) >= 11 is 0. The highest BCUT2D eigenvalue weighted by Gasteiger charge is 2.26. The summed E-state index contributed by atoms with van der Waals surface area (Å²) in [5, 5.41) is 3.43. The maximum atomic E-state index is 4.11. The molecular formula is C15H29N. The van der Waals surface area contributed by atoms with Crippen molar-refractivity contribution < 1.29 is 0 Å². The first-order valence-corrected chi connectivity index (χ1v) is 7.01. The first-order valence-electron chi connectivity index (χ1n) is 7.01. The molecule has 94 valence electrons. The summed E-state index contributed by atoms with van der Waals surface area (Å²) in [7, 11) is 2.07. The Hall–Kier alpha value is -0.300. The molecule has 1 aliphatic rings. The number of unbranched alkanes of at least 4 members (excludes halogenated alkanes) is 1. The molecule has 0 spiro atoms. The van der Waals surface area contributed by atoms with Gasteiger partial charge in [0.05, 0.1) is 0 Å². The van der Waals surface area contributed by atoms with Crippen LogP contribution in [-0.2, 0) is 0 Å². The molecule has 0 aromatic carbocycles. The van der Waals surface area contributed by atoms with Gasteiger partial charge in [0, 0.05) is 6.04 Å². The van der Waals surface area contributed by atoms with Gasteiger partial charge >= 0.3 is 0 Å². The lowest BCUT2D eigenvalue weighted by atomic mass is 9.75. The molecule has 1 saturated carbocycles. The van der Waals surface area contributed by atoms with Gasteiger partial charge in [-0.1, -0.05) is 51.2 Å². The second kappa shape index (κ2) is 7.11. The Kier molecular flexibility index (Phi) is 6.12. The molecule has 0 amide bonds. The van der Waals surface area contributed by atoms with Crippen molar-refractivity contribution in [2.75, 3.05) is 7.05 Å². The predicted molar refractivity (Wildman–Crippen MR) is 72.6 cm³/mol. The first-order chi connectivity index (χ1) is 7.69. The van der Waals surface area contributed by atoms with E-state index >= 15 is 0 Å². The molecule has 1 fully saturated rings. The van der Waals surface area contributed by atoms with Crippen LogP contribution < -0.4 is 5.32 Å². The molecule has 16 heavy (non-hydrogen) atoms. The molecule has 1 heteroatoms. The van der Waals surface area contributed by atoms with Gasteiger partial charge in [-0.05, 0) is 38.6 Å². The van der Waals surface area contributed by atoms with Crippen molar-refractivity contribution in [2.24, 2.45) is 11.8 Å². The van der Waals surface area contributed by atoms with E-state index in [2.05, 4.69) is 32.8 Å². The normalized spacial score (nSPS) is 27.7. The van der Waals surface area contributed by atoms with Gasteiger partial charge in [0.15, 0.2) is 0 Å². The van der Waals surface area contributed by atoms with Crippen LogP contribution in [0.1, 0.15) is 58.8 Å². The number of hydrogen-bond donors (Lipinski definition) is 1. The fourth-order valence-electron chi connectivity index (χ4n) is 3.19. The van der Waals surface area contributed by atoms with E-state index in [9.17, 15) is 0 Å².